The molecule has 1 atom stereocenters. The third-order valence-electron chi connectivity index (χ3n) is 3.48. The number of nitrogens with two attached hydrogens (primary N) is 1. The molecule has 0 aliphatic carbocycles. The lowest BCUT2D eigenvalue weighted by atomic mass is 10.0. The van der Waals surface area contributed by atoms with E-state index in [9.17, 15) is 9.59 Å². The summed E-state index contributed by atoms with van der Waals surface area (Å²) in [6, 6.07) is -0.0425. The minimum Gasteiger partial charge on any atom is -0.480 e. The first-order valence-electron chi connectivity index (χ1n) is 6.31. The van der Waals surface area contributed by atoms with Crippen molar-refractivity contribution >= 4 is 27.6 Å². The van der Waals surface area contributed by atoms with E-state index in [1.165, 1.54) is 4.68 Å². The molecule has 3 N–H and O–H groups in total. The van der Waals surface area contributed by atoms with Crippen LogP contribution in [0.1, 0.15) is 26.3 Å². The maximum Gasteiger partial charge on any atom is 0.325 e. The maximum absolute atomic E-state index is 12.2. The molecule has 1 aromatic rings. The van der Waals surface area contributed by atoms with Crippen LogP contribution in [0.15, 0.2) is 15.5 Å². The third-order valence-corrected chi connectivity index (χ3v) is 4.23. The summed E-state index contributed by atoms with van der Waals surface area (Å²) in [6.07, 6.45) is 1.90. The molecule has 0 amide bonds. The van der Waals surface area contributed by atoms with E-state index in [2.05, 4.69) is 21.0 Å². The van der Waals surface area contributed by atoms with Gasteiger partial charge in [0.25, 0.3) is 5.56 Å². The minimum atomic E-state index is -1.27. The summed E-state index contributed by atoms with van der Waals surface area (Å²) in [7, 11) is 0. The standard InChI is InChI=1S/C12H17BrN4O3/c1-7(2)17-10(18)9(13)8(5-15-17)16-4-3-12(14,6-16)11(19)20/h5,7H,3-4,6,14H2,1-2H3,(H,19,20). The molecule has 0 saturated carbocycles. The molecule has 0 aromatic carbocycles. The van der Waals surface area contributed by atoms with E-state index in [0.29, 0.717) is 23.1 Å². The Bertz CT molecular complexity index is 601. The lowest BCUT2D eigenvalue weighted by Gasteiger charge is -2.22. The van der Waals surface area contributed by atoms with E-state index in [1.807, 2.05) is 13.8 Å². The molecule has 20 heavy (non-hydrogen) atoms. The zero-order valence-corrected chi connectivity index (χ0v) is 12.9. The molecule has 8 heteroatoms. The number of halogens is 1. The summed E-state index contributed by atoms with van der Waals surface area (Å²) in [5.74, 6) is -1.03. The van der Waals surface area contributed by atoms with Gasteiger partial charge in [-0.2, -0.15) is 5.10 Å². The molecule has 2 heterocycles. The van der Waals surface area contributed by atoms with Crippen molar-refractivity contribution in [2.24, 2.45) is 5.73 Å². The van der Waals surface area contributed by atoms with Gasteiger partial charge in [-0.05, 0) is 36.2 Å². The molecular formula is C12H17BrN4O3. The Morgan fingerprint density at radius 1 is 1.60 bits per heavy atom. The van der Waals surface area contributed by atoms with Crippen molar-refractivity contribution in [3.05, 3.63) is 21.0 Å². The number of rotatable bonds is 3. The van der Waals surface area contributed by atoms with Crippen LogP contribution in [-0.4, -0.2) is 39.5 Å². The smallest absolute Gasteiger partial charge is 0.325 e. The number of anilines is 1. The number of aliphatic carboxylic acids is 1. The highest BCUT2D eigenvalue weighted by Gasteiger charge is 2.42. The van der Waals surface area contributed by atoms with Crippen LogP contribution in [0, 0.1) is 0 Å². The lowest BCUT2D eigenvalue weighted by molar-refractivity contribution is -0.142. The topological polar surface area (TPSA) is 101 Å². The van der Waals surface area contributed by atoms with Crippen LogP contribution in [0.5, 0.6) is 0 Å². The van der Waals surface area contributed by atoms with Gasteiger partial charge in [-0.15, -0.1) is 0 Å². The molecule has 1 unspecified atom stereocenters. The molecule has 2 rings (SSSR count). The number of nitrogens with zero attached hydrogens (tertiary/aromatic N) is 3. The highest BCUT2D eigenvalue weighted by Crippen LogP contribution is 2.29. The zero-order valence-electron chi connectivity index (χ0n) is 11.3. The van der Waals surface area contributed by atoms with Crippen molar-refractivity contribution in [1.29, 1.82) is 0 Å². The van der Waals surface area contributed by atoms with Gasteiger partial charge < -0.3 is 15.7 Å². The Kier molecular flexibility index (Phi) is 3.88. The molecule has 110 valence electrons. The van der Waals surface area contributed by atoms with Crippen molar-refractivity contribution in [1.82, 2.24) is 9.78 Å². The van der Waals surface area contributed by atoms with E-state index in [4.69, 9.17) is 10.8 Å². The summed E-state index contributed by atoms with van der Waals surface area (Å²) < 4.78 is 1.76. The number of hydrogen-bond donors (Lipinski definition) is 2. The van der Waals surface area contributed by atoms with Crippen LogP contribution < -0.4 is 16.2 Å². The van der Waals surface area contributed by atoms with Gasteiger partial charge in [0, 0.05) is 13.1 Å². The minimum absolute atomic E-state index is 0.0425. The first-order valence-corrected chi connectivity index (χ1v) is 7.10. The van der Waals surface area contributed by atoms with Gasteiger partial charge in [-0.25, -0.2) is 4.68 Å². The fraction of sp³-hybridized carbons (Fsp3) is 0.583. The van der Waals surface area contributed by atoms with Crippen molar-refractivity contribution in [2.45, 2.75) is 31.8 Å². The monoisotopic (exact) mass is 344 g/mol. The Labute approximate surface area is 124 Å². The second-order valence-corrected chi connectivity index (χ2v) is 6.11. The Hall–Kier alpha value is -1.41. The van der Waals surface area contributed by atoms with Crippen LogP contribution in [0.2, 0.25) is 0 Å². The summed E-state index contributed by atoms with van der Waals surface area (Å²) in [5.41, 5.74) is 4.91. The number of carboxylic acids is 1. The Morgan fingerprint density at radius 2 is 2.25 bits per heavy atom. The van der Waals surface area contributed by atoms with Crippen LogP contribution in [-0.2, 0) is 4.79 Å². The summed E-state index contributed by atoms with van der Waals surface area (Å²) >= 11 is 3.28. The van der Waals surface area contributed by atoms with Crippen LogP contribution in [0.4, 0.5) is 5.69 Å². The van der Waals surface area contributed by atoms with E-state index in [1.54, 1.807) is 11.1 Å². The largest absolute Gasteiger partial charge is 0.480 e. The summed E-state index contributed by atoms with van der Waals surface area (Å²) in [4.78, 5) is 25.1. The van der Waals surface area contributed by atoms with Gasteiger partial charge in [0.05, 0.1) is 17.9 Å². The zero-order chi connectivity index (χ0) is 15.1. The second-order valence-electron chi connectivity index (χ2n) is 5.32. The average Bonchev–Trinajstić information content (AvgIpc) is 2.76. The Balaban J connectivity index is 2.35. The third kappa shape index (κ3) is 2.45. The summed E-state index contributed by atoms with van der Waals surface area (Å²) in [6.45, 7) is 4.37. The normalized spacial score (nSPS) is 22.6. The van der Waals surface area contributed by atoms with Crippen LogP contribution in [0.25, 0.3) is 0 Å². The van der Waals surface area contributed by atoms with E-state index >= 15 is 0 Å². The molecule has 0 spiro atoms. The Morgan fingerprint density at radius 3 is 2.75 bits per heavy atom. The van der Waals surface area contributed by atoms with Crippen molar-refractivity contribution < 1.29 is 9.90 Å². The van der Waals surface area contributed by atoms with E-state index < -0.39 is 11.5 Å². The van der Waals surface area contributed by atoms with Gasteiger partial charge in [-0.3, -0.25) is 9.59 Å². The van der Waals surface area contributed by atoms with Crippen LogP contribution in [0.3, 0.4) is 0 Å². The molecule has 1 saturated heterocycles. The highest BCUT2D eigenvalue weighted by molar-refractivity contribution is 9.10. The number of carbonyl (C=O) groups is 1. The van der Waals surface area contributed by atoms with E-state index in [0.717, 1.165) is 0 Å². The SMILES string of the molecule is CC(C)n1ncc(N2CCC(N)(C(=O)O)C2)c(Br)c1=O. The van der Waals surface area contributed by atoms with Crippen LogP contribution >= 0.6 is 15.9 Å². The molecule has 1 aliphatic heterocycles. The van der Waals surface area contributed by atoms with Gasteiger partial charge >= 0.3 is 5.97 Å². The number of carboxylic acid groups (broad SMARTS) is 1. The first-order chi connectivity index (χ1) is 9.26. The first kappa shape index (κ1) is 15.0. The second kappa shape index (κ2) is 5.17. The lowest BCUT2D eigenvalue weighted by Crippen LogP contribution is -2.50. The predicted octanol–water partition coefficient (Wildman–Crippen LogP) is 0.579. The van der Waals surface area contributed by atoms with Crippen molar-refractivity contribution in [2.75, 3.05) is 18.0 Å². The molecule has 0 bridgehead atoms. The van der Waals surface area contributed by atoms with E-state index in [-0.39, 0.29) is 18.1 Å². The molecule has 1 aliphatic rings. The highest BCUT2D eigenvalue weighted by atomic mass is 79.9. The molecular weight excluding hydrogens is 328 g/mol. The fourth-order valence-electron chi connectivity index (χ4n) is 2.24. The quantitative estimate of drug-likeness (QED) is 0.831. The summed E-state index contributed by atoms with van der Waals surface area (Å²) in [5, 5.41) is 13.3. The van der Waals surface area contributed by atoms with Gasteiger partial charge in [0.1, 0.15) is 10.0 Å². The molecule has 1 fully saturated rings. The number of aromatic nitrogens is 2. The maximum atomic E-state index is 12.2. The van der Waals surface area contributed by atoms with Gasteiger partial charge in [0.2, 0.25) is 0 Å². The average molecular weight is 345 g/mol. The predicted molar refractivity (Wildman–Crippen MR) is 78.0 cm³/mol. The fourth-order valence-corrected chi connectivity index (χ4v) is 2.77. The van der Waals surface area contributed by atoms with Crippen molar-refractivity contribution in [3.8, 4) is 0 Å². The van der Waals surface area contributed by atoms with Crippen molar-refractivity contribution in [3.63, 3.8) is 0 Å². The molecule has 7 nitrogen and oxygen atoms in total. The van der Waals surface area contributed by atoms with Gasteiger partial charge in [-0.1, -0.05) is 0 Å². The molecule has 1 aromatic heterocycles. The van der Waals surface area contributed by atoms with Gasteiger partial charge in [0.15, 0.2) is 0 Å². The number of hydrogen-bond acceptors (Lipinski definition) is 5. The molecule has 0 radical (unpaired) electrons.